The number of carbonyl (C=O) groups is 2. The Labute approximate surface area is 144 Å². The number of likely N-dealkylation sites (tertiary alicyclic amines) is 1. The van der Waals surface area contributed by atoms with Gasteiger partial charge in [0.15, 0.2) is 0 Å². The van der Waals surface area contributed by atoms with E-state index < -0.39 is 0 Å². The third-order valence-corrected chi connectivity index (χ3v) is 4.18. The molecule has 1 atom stereocenters. The molecule has 2 rings (SSSR count). The highest BCUT2D eigenvalue weighted by Gasteiger charge is 2.24. The van der Waals surface area contributed by atoms with Gasteiger partial charge in [-0.2, -0.15) is 0 Å². The first-order valence-electron chi connectivity index (χ1n) is 7.94. The lowest BCUT2D eigenvalue weighted by atomic mass is 10.0. The van der Waals surface area contributed by atoms with E-state index in [-0.39, 0.29) is 24.2 Å². The van der Waals surface area contributed by atoms with E-state index in [1.807, 2.05) is 17.9 Å². The minimum atomic E-state index is -0.102. The number of hydrogen-bond acceptors (Lipinski definition) is 3. The zero-order chi connectivity index (χ0) is 16.1. The van der Waals surface area contributed by atoms with Gasteiger partial charge in [0, 0.05) is 36.8 Å². The van der Waals surface area contributed by atoms with Gasteiger partial charge in [0.2, 0.25) is 5.91 Å². The molecule has 0 bridgehead atoms. The molecular weight excluding hydrogens is 314 g/mol. The number of amides is 2. The van der Waals surface area contributed by atoms with Crippen molar-refractivity contribution in [2.75, 3.05) is 18.4 Å². The third-order valence-electron chi connectivity index (χ3n) is 4.18. The largest absolute Gasteiger partial charge is 0.336 e. The normalized spacial score (nSPS) is 17.3. The molecule has 1 fully saturated rings. The quantitative estimate of drug-likeness (QED) is 0.885. The zero-order valence-corrected chi connectivity index (χ0v) is 14.6. The van der Waals surface area contributed by atoms with Crippen LogP contribution in [0.25, 0.3) is 0 Å². The molecule has 0 radical (unpaired) electrons. The average molecular weight is 340 g/mol. The Morgan fingerprint density at radius 1 is 1.35 bits per heavy atom. The Morgan fingerprint density at radius 2 is 2.09 bits per heavy atom. The van der Waals surface area contributed by atoms with Crippen LogP contribution < -0.4 is 11.1 Å². The molecule has 6 heteroatoms. The molecule has 0 aromatic heterocycles. The van der Waals surface area contributed by atoms with Gasteiger partial charge >= 0.3 is 0 Å². The lowest BCUT2D eigenvalue weighted by Crippen LogP contribution is -2.42. The summed E-state index contributed by atoms with van der Waals surface area (Å²) >= 11 is 0. The molecule has 1 aromatic rings. The fourth-order valence-corrected chi connectivity index (χ4v) is 2.85. The summed E-state index contributed by atoms with van der Waals surface area (Å²) in [5.41, 5.74) is 7.68. The van der Waals surface area contributed by atoms with Gasteiger partial charge in [-0.25, -0.2) is 0 Å². The molecule has 5 nitrogen and oxygen atoms in total. The maximum Gasteiger partial charge on any atom is 0.254 e. The fraction of sp³-hybridized carbons (Fsp3) is 0.529. The van der Waals surface area contributed by atoms with Gasteiger partial charge < -0.3 is 16.0 Å². The molecule has 0 saturated carbocycles. The van der Waals surface area contributed by atoms with E-state index in [4.69, 9.17) is 5.73 Å². The predicted molar refractivity (Wildman–Crippen MR) is 95.1 cm³/mol. The number of aryl methyl sites for hydroxylation is 1. The Kier molecular flexibility index (Phi) is 7.52. The number of carbonyl (C=O) groups excluding carboxylic acids is 2. The fourth-order valence-electron chi connectivity index (χ4n) is 2.85. The average Bonchev–Trinajstić information content (AvgIpc) is 2.49. The highest BCUT2D eigenvalue weighted by molar-refractivity contribution is 5.96. The maximum atomic E-state index is 12.6. The molecule has 1 saturated heterocycles. The molecule has 0 spiro atoms. The van der Waals surface area contributed by atoms with Crippen molar-refractivity contribution in [3.8, 4) is 0 Å². The van der Waals surface area contributed by atoms with E-state index in [9.17, 15) is 9.59 Å². The maximum absolute atomic E-state index is 12.6. The summed E-state index contributed by atoms with van der Waals surface area (Å²) in [5.74, 6) is -0.0236. The van der Waals surface area contributed by atoms with Crippen LogP contribution in [0.5, 0.6) is 0 Å². The molecule has 0 aliphatic carbocycles. The van der Waals surface area contributed by atoms with E-state index in [2.05, 4.69) is 12.2 Å². The number of piperidine rings is 1. The Bertz CT molecular complexity index is 563. The second kappa shape index (κ2) is 8.89. The number of hydrogen-bond donors (Lipinski definition) is 2. The molecule has 1 unspecified atom stereocenters. The molecular formula is C17H26ClN3O2. The van der Waals surface area contributed by atoms with Gasteiger partial charge in [-0.3, -0.25) is 9.59 Å². The number of halogens is 1. The first kappa shape index (κ1) is 19.5. The second-order valence-electron chi connectivity index (χ2n) is 5.96. The van der Waals surface area contributed by atoms with Crippen molar-refractivity contribution in [1.29, 1.82) is 0 Å². The van der Waals surface area contributed by atoms with E-state index in [0.717, 1.165) is 30.6 Å². The number of rotatable bonds is 4. The SMILES string of the molecule is Cc1cc(C(=O)N2CCCCC2C)ccc1NC(=O)CCN.Cl. The molecule has 23 heavy (non-hydrogen) atoms. The van der Waals surface area contributed by atoms with Crippen LogP contribution in [-0.2, 0) is 4.79 Å². The van der Waals surface area contributed by atoms with Crippen LogP contribution in [0.3, 0.4) is 0 Å². The lowest BCUT2D eigenvalue weighted by molar-refractivity contribution is -0.116. The number of nitrogens with zero attached hydrogens (tertiary/aromatic N) is 1. The van der Waals surface area contributed by atoms with Gasteiger partial charge in [-0.05, 0) is 56.9 Å². The van der Waals surface area contributed by atoms with Crippen molar-refractivity contribution in [2.45, 2.75) is 45.6 Å². The summed E-state index contributed by atoms with van der Waals surface area (Å²) in [6, 6.07) is 5.73. The molecule has 1 aliphatic rings. The van der Waals surface area contributed by atoms with Crippen LogP contribution in [0, 0.1) is 6.92 Å². The van der Waals surface area contributed by atoms with Crippen LogP contribution in [-0.4, -0.2) is 35.8 Å². The van der Waals surface area contributed by atoms with Crippen LogP contribution in [0.1, 0.15) is 48.5 Å². The Morgan fingerprint density at radius 3 is 2.70 bits per heavy atom. The standard InChI is InChI=1S/C17H25N3O2.ClH/c1-12-11-14(6-7-15(12)19-16(21)8-9-18)17(22)20-10-4-3-5-13(20)2;/h6-7,11,13H,3-5,8-10,18H2,1-2H3,(H,19,21);1H. The van der Waals surface area contributed by atoms with Gasteiger partial charge in [0.05, 0.1) is 0 Å². The van der Waals surface area contributed by atoms with E-state index in [1.54, 1.807) is 12.1 Å². The van der Waals surface area contributed by atoms with Crippen molar-refractivity contribution in [1.82, 2.24) is 4.90 Å². The number of nitrogens with two attached hydrogens (primary N) is 1. The van der Waals surface area contributed by atoms with E-state index in [0.29, 0.717) is 24.6 Å². The molecule has 1 heterocycles. The summed E-state index contributed by atoms with van der Waals surface area (Å²) < 4.78 is 0. The highest BCUT2D eigenvalue weighted by Crippen LogP contribution is 2.22. The van der Waals surface area contributed by atoms with Gasteiger partial charge in [0.1, 0.15) is 0 Å². The summed E-state index contributed by atoms with van der Waals surface area (Å²) in [7, 11) is 0. The summed E-state index contributed by atoms with van der Waals surface area (Å²) in [4.78, 5) is 26.2. The lowest BCUT2D eigenvalue weighted by Gasteiger charge is -2.33. The van der Waals surface area contributed by atoms with E-state index in [1.165, 1.54) is 6.42 Å². The smallest absolute Gasteiger partial charge is 0.254 e. The van der Waals surface area contributed by atoms with Gasteiger partial charge in [0.25, 0.3) is 5.91 Å². The van der Waals surface area contributed by atoms with Gasteiger partial charge in [-0.1, -0.05) is 0 Å². The molecule has 1 aliphatic heterocycles. The predicted octanol–water partition coefficient (Wildman–Crippen LogP) is 2.72. The summed E-state index contributed by atoms with van der Waals surface area (Å²) in [6.07, 6.45) is 3.63. The topological polar surface area (TPSA) is 75.4 Å². The van der Waals surface area contributed by atoms with Crippen molar-refractivity contribution in [3.05, 3.63) is 29.3 Å². The monoisotopic (exact) mass is 339 g/mol. The molecule has 128 valence electrons. The van der Waals surface area contributed by atoms with Crippen molar-refractivity contribution in [2.24, 2.45) is 5.73 Å². The Hall–Kier alpha value is -1.59. The highest BCUT2D eigenvalue weighted by atomic mass is 35.5. The number of nitrogens with one attached hydrogen (secondary N) is 1. The zero-order valence-electron chi connectivity index (χ0n) is 13.8. The molecule has 2 amide bonds. The third kappa shape index (κ3) is 4.94. The first-order chi connectivity index (χ1) is 10.5. The van der Waals surface area contributed by atoms with Crippen LogP contribution in [0.4, 0.5) is 5.69 Å². The number of benzene rings is 1. The molecule has 3 N–H and O–H groups in total. The summed E-state index contributed by atoms with van der Waals surface area (Å²) in [5, 5.41) is 2.82. The van der Waals surface area contributed by atoms with Crippen molar-refractivity contribution < 1.29 is 9.59 Å². The minimum Gasteiger partial charge on any atom is -0.336 e. The Balaban J connectivity index is 0.00000264. The van der Waals surface area contributed by atoms with Crippen LogP contribution in [0.15, 0.2) is 18.2 Å². The molecule has 1 aromatic carbocycles. The second-order valence-corrected chi connectivity index (χ2v) is 5.96. The minimum absolute atomic E-state index is 0. The van der Waals surface area contributed by atoms with Gasteiger partial charge in [-0.15, -0.1) is 12.4 Å². The number of anilines is 1. The van der Waals surface area contributed by atoms with Crippen LogP contribution >= 0.6 is 12.4 Å². The van der Waals surface area contributed by atoms with Crippen LogP contribution in [0.2, 0.25) is 0 Å². The van der Waals surface area contributed by atoms with Crippen molar-refractivity contribution >= 4 is 29.9 Å². The van der Waals surface area contributed by atoms with Crippen molar-refractivity contribution in [3.63, 3.8) is 0 Å². The van der Waals surface area contributed by atoms with E-state index >= 15 is 0 Å². The first-order valence-corrected chi connectivity index (χ1v) is 7.94. The summed E-state index contributed by atoms with van der Waals surface area (Å²) in [6.45, 7) is 5.15.